The van der Waals surface area contributed by atoms with E-state index in [1.807, 2.05) is 26.8 Å². The molecule has 0 spiro atoms. The molecule has 1 aromatic carbocycles. The second-order valence-corrected chi connectivity index (χ2v) is 9.93. The first kappa shape index (κ1) is 26.9. The number of methoxy groups -OCH3 is 1. The third kappa shape index (κ3) is 5.27. The van der Waals surface area contributed by atoms with Crippen molar-refractivity contribution < 1.29 is 19.1 Å². The van der Waals surface area contributed by atoms with Crippen molar-refractivity contribution in [1.29, 1.82) is 0 Å². The van der Waals surface area contributed by atoms with Crippen LogP contribution in [0.1, 0.15) is 28.1 Å². The lowest BCUT2D eigenvalue weighted by Crippen LogP contribution is -2.29. The highest BCUT2D eigenvalue weighted by atomic mass is 35.5. The number of anilines is 1. The Morgan fingerprint density at radius 2 is 2.00 bits per heavy atom. The molecule has 3 aromatic heterocycles. The molecule has 0 saturated heterocycles. The van der Waals surface area contributed by atoms with E-state index in [-0.39, 0.29) is 6.61 Å². The van der Waals surface area contributed by atoms with Gasteiger partial charge in [0.2, 0.25) is 5.88 Å². The second kappa shape index (κ2) is 11.2. The van der Waals surface area contributed by atoms with Gasteiger partial charge in [-0.3, -0.25) is 0 Å². The Balaban J connectivity index is 1.61. The molecule has 0 radical (unpaired) electrons. The number of pyridine rings is 1. The van der Waals surface area contributed by atoms with Gasteiger partial charge in [0, 0.05) is 36.0 Å². The van der Waals surface area contributed by atoms with Crippen molar-refractivity contribution in [3.05, 3.63) is 63.6 Å². The first-order valence-corrected chi connectivity index (χ1v) is 13.0. The van der Waals surface area contributed by atoms with Crippen LogP contribution >= 0.6 is 11.6 Å². The van der Waals surface area contributed by atoms with E-state index in [9.17, 15) is 5.11 Å². The summed E-state index contributed by atoms with van der Waals surface area (Å²) in [6.45, 7) is 7.56. The predicted octanol–water partition coefficient (Wildman–Crippen LogP) is 4.26. The number of likely N-dealkylation sites (N-methyl/N-ethyl adjacent to an activating group) is 1. The lowest BCUT2D eigenvalue weighted by atomic mass is 10.0. The molecular weight excluding hydrogens is 520 g/mol. The fourth-order valence-corrected chi connectivity index (χ4v) is 5.06. The summed E-state index contributed by atoms with van der Waals surface area (Å²) < 4.78 is 16.8. The van der Waals surface area contributed by atoms with Gasteiger partial charge >= 0.3 is 0 Å². The third-order valence-corrected chi connectivity index (χ3v) is 7.10. The Morgan fingerprint density at radius 1 is 1.18 bits per heavy atom. The van der Waals surface area contributed by atoms with Crippen LogP contribution in [-0.2, 0) is 13.1 Å². The smallest absolute Gasteiger partial charge is 0.218 e. The molecule has 0 amide bonds. The largest absolute Gasteiger partial charge is 0.491 e. The van der Waals surface area contributed by atoms with Crippen LogP contribution in [0.25, 0.3) is 22.6 Å². The van der Waals surface area contributed by atoms with E-state index in [1.54, 1.807) is 38.6 Å². The first-order chi connectivity index (χ1) is 18.8. The molecule has 1 atom stereocenters. The molecule has 39 heavy (non-hydrogen) atoms. The van der Waals surface area contributed by atoms with Crippen molar-refractivity contribution in [3.8, 4) is 34.3 Å². The molecule has 0 fully saturated rings. The summed E-state index contributed by atoms with van der Waals surface area (Å²) in [6, 6.07) is 7.31. The van der Waals surface area contributed by atoms with Gasteiger partial charge in [0.25, 0.3) is 0 Å². The molecule has 11 heteroatoms. The van der Waals surface area contributed by atoms with Gasteiger partial charge in [-0.15, -0.1) is 0 Å². The summed E-state index contributed by atoms with van der Waals surface area (Å²) in [6.07, 6.45) is 1.11. The quantitative estimate of drug-likeness (QED) is 0.313. The number of rotatable bonds is 9. The molecule has 4 aromatic rings. The average molecular weight is 551 g/mol. The van der Waals surface area contributed by atoms with Crippen molar-refractivity contribution in [1.82, 2.24) is 25.4 Å². The van der Waals surface area contributed by atoms with Crippen LogP contribution in [0.2, 0.25) is 5.02 Å². The molecule has 1 aliphatic rings. The number of nitrogens with zero attached hydrogens (tertiary/aromatic N) is 5. The molecule has 10 nitrogen and oxygen atoms in total. The van der Waals surface area contributed by atoms with E-state index in [2.05, 4.69) is 20.4 Å². The average Bonchev–Trinajstić information content (AvgIpc) is 3.51. The maximum atomic E-state index is 10.1. The number of benzene rings is 1. The van der Waals surface area contributed by atoms with E-state index in [1.165, 1.54) is 0 Å². The van der Waals surface area contributed by atoms with Crippen molar-refractivity contribution in [2.75, 3.05) is 32.2 Å². The molecular formula is C28H31ClN6O4. The maximum absolute atomic E-state index is 10.1. The molecule has 204 valence electrons. The molecule has 0 aliphatic carbocycles. The highest BCUT2D eigenvalue weighted by Gasteiger charge is 2.29. The molecule has 0 unspecified atom stereocenters. The van der Waals surface area contributed by atoms with Crippen LogP contribution in [-0.4, -0.2) is 58.6 Å². The van der Waals surface area contributed by atoms with Crippen molar-refractivity contribution >= 4 is 17.4 Å². The van der Waals surface area contributed by atoms with Crippen molar-refractivity contribution in [2.24, 2.45) is 0 Å². The lowest BCUT2D eigenvalue weighted by molar-refractivity contribution is 0.108. The number of aliphatic hydroxyl groups excluding tert-OH is 1. The number of aryl methyl sites for hydroxylation is 2. The van der Waals surface area contributed by atoms with Crippen LogP contribution in [0.3, 0.4) is 0 Å². The van der Waals surface area contributed by atoms with E-state index in [0.717, 1.165) is 39.5 Å². The van der Waals surface area contributed by atoms with Gasteiger partial charge < -0.3 is 29.3 Å². The Bertz CT molecular complexity index is 1490. The number of hydrogen-bond donors (Lipinski definition) is 2. The Morgan fingerprint density at radius 3 is 2.72 bits per heavy atom. The second-order valence-electron chi connectivity index (χ2n) is 9.52. The summed E-state index contributed by atoms with van der Waals surface area (Å²) in [5.74, 6) is 3.04. The predicted molar refractivity (Wildman–Crippen MR) is 148 cm³/mol. The van der Waals surface area contributed by atoms with Gasteiger partial charge in [-0.05, 0) is 57.6 Å². The van der Waals surface area contributed by atoms with Crippen LogP contribution in [0, 0.1) is 20.8 Å². The number of halogens is 1. The van der Waals surface area contributed by atoms with Crippen LogP contribution in [0.15, 0.2) is 35.0 Å². The fraction of sp³-hybridized carbons (Fsp3) is 0.357. The number of aliphatic hydroxyl groups is 1. The SMILES string of the molecule is CNC[C@@H](O)COc1ccc(Cl)c(-c2nc(-c3c(C)noc3C)c(C)c(N3Cc4ccnc(OC)c4C3)n2)c1. The van der Waals surface area contributed by atoms with Crippen LogP contribution < -0.4 is 19.7 Å². The zero-order chi connectivity index (χ0) is 27.7. The number of nitrogens with one attached hydrogen (secondary N) is 1. The van der Waals surface area contributed by atoms with Crippen LogP contribution in [0.4, 0.5) is 5.82 Å². The maximum Gasteiger partial charge on any atom is 0.218 e. The zero-order valence-corrected chi connectivity index (χ0v) is 23.3. The highest BCUT2D eigenvalue weighted by Crippen LogP contribution is 2.40. The topological polar surface area (TPSA) is 119 Å². The summed E-state index contributed by atoms with van der Waals surface area (Å²) in [5.41, 5.74) is 5.96. The molecule has 5 rings (SSSR count). The summed E-state index contributed by atoms with van der Waals surface area (Å²) in [5, 5.41) is 17.6. The van der Waals surface area contributed by atoms with E-state index in [4.69, 9.17) is 35.6 Å². The third-order valence-electron chi connectivity index (χ3n) is 6.77. The van der Waals surface area contributed by atoms with Gasteiger partial charge in [-0.25, -0.2) is 15.0 Å². The highest BCUT2D eigenvalue weighted by molar-refractivity contribution is 6.33. The number of aromatic nitrogens is 4. The standard InChI is InChI=1S/C28H31ClN6O4/c1-15-25(24-16(2)34-39-17(24)3)32-26(21-10-20(6-7-23(21)29)38-14-19(36)11-30-4)33-27(15)35-12-18-8-9-31-28(37-5)22(18)13-35/h6-10,19,30,36H,11-14H2,1-5H3/t19-/m1/s1. The Kier molecular flexibility index (Phi) is 7.69. The molecule has 0 bridgehead atoms. The summed E-state index contributed by atoms with van der Waals surface area (Å²) in [7, 11) is 3.40. The number of hydrogen-bond acceptors (Lipinski definition) is 10. The zero-order valence-electron chi connectivity index (χ0n) is 22.6. The fourth-order valence-electron chi connectivity index (χ4n) is 4.86. The van der Waals surface area contributed by atoms with Crippen molar-refractivity contribution in [2.45, 2.75) is 40.0 Å². The normalized spacial score (nSPS) is 13.5. The molecule has 0 saturated carbocycles. The molecule has 1 aliphatic heterocycles. The lowest BCUT2D eigenvalue weighted by Gasteiger charge is -2.22. The van der Waals surface area contributed by atoms with E-state index < -0.39 is 6.10 Å². The van der Waals surface area contributed by atoms with Gasteiger partial charge in [0.15, 0.2) is 5.82 Å². The summed E-state index contributed by atoms with van der Waals surface area (Å²) >= 11 is 6.68. The Labute approximate surface area is 232 Å². The van der Waals surface area contributed by atoms with Crippen LogP contribution in [0.5, 0.6) is 11.6 Å². The van der Waals surface area contributed by atoms with E-state index >= 15 is 0 Å². The molecule has 4 heterocycles. The van der Waals surface area contributed by atoms with Gasteiger partial charge in [-0.1, -0.05) is 16.8 Å². The van der Waals surface area contributed by atoms with Gasteiger partial charge in [0.1, 0.15) is 30.0 Å². The first-order valence-electron chi connectivity index (χ1n) is 12.6. The minimum atomic E-state index is -0.647. The van der Waals surface area contributed by atoms with E-state index in [0.29, 0.717) is 53.4 Å². The Hall–Kier alpha value is -3.73. The van der Waals surface area contributed by atoms with Gasteiger partial charge in [-0.2, -0.15) is 0 Å². The minimum absolute atomic E-state index is 0.133. The minimum Gasteiger partial charge on any atom is -0.491 e. The molecule has 2 N–H and O–H groups in total. The number of fused-ring (bicyclic) bond motifs is 1. The monoisotopic (exact) mass is 550 g/mol. The summed E-state index contributed by atoms with van der Waals surface area (Å²) in [4.78, 5) is 16.5. The van der Waals surface area contributed by atoms with Gasteiger partial charge in [0.05, 0.1) is 35.6 Å². The van der Waals surface area contributed by atoms with Crippen molar-refractivity contribution in [3.63, 3.8) is 0 Å². The number of ether oxygens (including phenoxy) is 2.